The van der Waals surface area contributed by atoms with E-state index in [-0.39, 0.29) is 41.4 Å². The molecule has 3 heterocycles. The molecular weight excluding hydrogens is 370 g/mol. The highest BCUT2D eigenvalue weighted by atomic mass is 16.2. The number of carbonyl (C=O) groups is 3. The van der Waals surface area contributed by atoms with Crippen molar-refractivity contribution in [3.63, 3.8) is 0 Å². The summed E-state index contributed by atoms with van der Waals surface area (Å²) in [5.74, 6) is 0.889. The predicted molar refractivity (Wildman–Crippen MR) is 104 cm³/mol. The zero-order valence-electron chi connectivity index (χ0n) is 16.3. The van der Waals surface area contributed by atoms with E-state index < -0.39 is 0 Å². The van der Waals surface area contributed by atoms with Crippen LogP contribution in [0.25, 0.3) is 0 Å². The van der Waals surface area contributed by atoms with Gasteiger partial charge in [0, 0.05) is 51.5 Å². The van der Waals surface area contributed by atoms with Gasteiger partial charge in [0.25, 0.3) is 0 Å². The number of imide groups is 1. The number of allylic oxidation sites excluding steroid dienone is 2. The molecule has 0 spiro atoms. The Kier molecular flexibility index (Phi) is 4.56. The molecule has 2 saturated heterocycles. The number of nitrogens with zero attached hydrogens (tertiary/aromatic N) is 5. The van der Waals surface area contributed by atoms with Crippen LogP contribution in [0, 0.1) is 23.7 Å². The molecule has 152 valence electrons. The lowest BCUT2D eigenvalue weighted by molar-refractivity contribution is -0.141. The number of anilines is 1. The fourth-order valence-corrected chi connectivity index (χ4v) is 5.34. The second-order valence-electron chi connectivity index (χ2n) is 8.35. The molecule has 2 aliphatic carbocycles. The number of likely N-dealkylation sites (tertiary alicyclic amines) is 1. The highest BCUT2D eigenvalue weighted by molar-refractivity contribution is 6.06. The van der Waals surface area contributed by atoms with Crippen LogP contribution in [0.1, 0.15) is 19.3 Å². The molecule has 2 bridgehead atoms. The van der Waals surface area contributed by atoms with Gasteiger partial charge in [-0.2, -0.15) is 0 Å². The minimum Gasteiger partial charge on any atom is -0.339 e. The van der Waals surface area contributed by atoms with Gasteiger partial charge in [0.1, 0.15) is 0 Å². The molecule has 1 saturated carbocycles. The van der Waals surface area contributed by atoms with Gasteiger partial charge in [0.15, 0.2) is 0 Å². The summed E-state index contributed by atoms with van der Waals surface area (Å²) in [7, 11) is 0. The van der Waals surface area contributed by atoms with Gasteiger partial charge in [-0.1, -0.05) is 12.2 Å². The molecule has 0 unspecified atom stereocenters. The van der Waals surface area contributed by atoms with Crippen molar-refractivity contribution < 1.29 is 14.4 Å². The van der Waals surface area contributed by atoms with Crippen molar-refractivity contribution in [1.29, 1.82) is 0 Å². The van der Waals surface area contributed by atoms with Crippen molar-refractivity contribution >= 4 is 23.7 Å². The van der Waals surface area contributed by atoms with Crippen molar-refractivity contribution in [2.45, 2.75) is 19.3 Å². The molecule has 0 N–H and O–H groups in total. The lowest BCUT2D eigenvalue weighted by atomic mass is 9.85. The molecule has 29 heavy (non-hydrogen) atoms. The SMILES string of the molecule is O=C(CCCN1C(=O)[C@@H]2[C@H](C1=O)[C@H]1C=C[C@H]2C1)N1CCN(c2ncccn2)CC1. The van der Waals surface area contributed by atoms with Gasteiger partial charge in [-0.05, 0) is 30.7 Å². The molecule has 0 radical (unpaired) electrons. The lowest BCUT2D eigenvalue weighted by Crippen LogP contribution is -2.49. The zero-order valence-corrected chi connectivity index (χ0v) is 16.3. The Labute approximate surface area is 169 Å². The lowest BCUT2D eigenvalue weighted by Gasteiger charge is -2.34. The fourth-order valence-electron chi connectivity index (χ4n) is 5.34. The Morgan fingerprint density at radius 1 is 0.966 bits per heavy atom. The van der Waals surface area contributed by atoms with Crippen molar-refractivity contribution in [3.05, 3.63) is 30.6 Å². The van der Waals surface area contributed by atoms with Gasteiger partial charge < -0.3 is 9.80 Å². The van der Waals surface area contributed by atoms with Crippen LogP contribution in [0.15, 0.2) is 30.6 Å². The Morgan fingerprint density at radius 3 is 2.21 bits per heavy atom. The first kappa shape index (κ1) is 18.3. The van der Waals surface area contributed by atoms with Gasteiger partial charge in [0.2, 0.25) is 23.7 Å². The topological polar surface area (TPSA) is 86.7 Å². The summed E-state index contributed by atoms with van der Waals surface area (Å²) in [4.78, 5) is 51.8. The Balaban J connectivity index is 1.09. The van der Waals surface area contributed by atoms with Crippen LogP contribution in [0.5, 0.6) is 0 Å². The molecule has 3 fully saturated rings. The molecule has 1 aromatic heterocycles. The Morgan fingerprint density at radius 2 is 1.59 bits per heavy atom. The van der Waals surface area contributed by atoms with Crippen molar-refractivity contribution in [3.8, 4) is 0 Å². The molecule has 0 aromatic carbocycles. The minimum atomic E-state index is -0.151. The molecule has 5 rings (SSSR count). The van der Waals surface area contributed by atoms with Crippen LogP contribution in [-0.4, -0.2) is 70.2 Å². The van der Waals surface area contributed by atoms with Crippen LogP contribution in [0.3, 0.4) is 0 Å². The second-order valence-corrected chi connectivity index (χ2v) is 8.35. The summed E-state index contributed by atoms with van der Waals surface area (Å²) in [5.41, 5.74) is 0. The van der Waals surface area contributed by atoms with E-state index in [2.05, 4.69) is 27.0 Å². The van der Waals surface area contributed by atoms with E-state index in [1.165, 1.54) is 4.90 Å². The maximum atomic E-state index is 12.7. The number of hydrogen-bond acceptors (Lipinski definition) is 6. The smallest absolute Gasteiger partial charge is 0.233 e. The van der Waals surface area contributed by atoms with E-state index in [9.17, 15) is 14.4 Å². The molecule has 8 heteroatoms. The Bertz CT molecular complexity index is 819. The number of hydrogen-bond donors (Lipinski definition) is 0. The standard InChI is InChI=1S/C21H25N5O3/c27-16(24-9-11-25(12-10-24)21-22-6-2-7-23-21)3-1-8-26-19(28)17-14-4-5-15(13-14)18(17)20(26)29/h2,4-7,14-15,17-18H,1,3,8-13H2/t14-,15-,17-,18+/m0/s1. The largest absolute Gasteiger partial charge is 0.339 e. The summed E-state index contributed by atoms with van der Waals surface area (Å²) in [6.07, 6.45) is 9.47. The highest BCUT2D eigenvalue weighted by Gasteiger charge is 2.58. The minimum absolute atomic E-state index is 0.0271. The molecule has 4 aliphatic rings. The van der Waals surface area contributed by atoms with Gasteiger partial charge in [-0.3, -0.25) is 19.3 Å². The average molecular weight is 395 g/mol. The molecule has 1 aromatic rings. The highest BCUT2D eigenvalue weighted by Crippen LogP contribution is 2.52. The molecule has 4 atom stereocenters. The maximum Gasteiger partial charge on any atom is 0.233 e. The summed E-state index contributed by atoms with van der Waals surface area (Å²) in [5, 5.41) is 0. The first-order chi connectivity index (χ1) is 14.1. The summed E-state index contributed by atoms with van der Waals surface area (Å²) in [6, 6.07) is 1.79. The maximum absolute atomic E-state index is 12.7. The first-order valence-corrected chi connectivity index (χ1v) is 10.5. The number of fused-ring (bicyclic) bond motifs is 5. The molecule has 3 amide bonds. The fraction of sp³-hybridized carbons (Fsp3) is 0.571. The molecular formula is C21H25N5O3. The zero-order chi connectivity index (χ0) is 20.0. The normalized spacial score (nSPS) is 30.4. The van der Waals surface area contributed by atoms with Crippen molar-refractivity contribution in [2.75, 3.05) is 37.6 Å². The third-order valence-corrected chi connectivity index (χ3v) is 6.80. The third-order valence-electron chi connectivity index (χ3n) is 6.80. The number of carbonyl (C=O) groups excluding carboxylic acids is 3. The van der Waals surface area contributed by atoms with E-state index in [1.54, 1.807) is 18.5 Å². The van der Waals surface area contributed by atoms with Gasteiger partial charge in [0.05, 0.1) is 11.8 Å². The number of amides is 3. The van der Waals surface area contributed by atoms with Crippen LogP contribution < -0.4 is 4.90 Å². The number of rotatable bonds is 5. The third kappa shape index (κ3) is 3.10. The monoisotopic (exact) mass is 395 g/mol. The second kappa shape index (κ2) is 7.24. The van der Waals surface area contributed by atoms with E-state index in [0.717, 1.165) is 6.42 Å². The van der Waals surface area contributed by atoms with Crippen LogP contribution in [0.4, 0.5) is 5.95 Å². The molecule has 8 nitrogen and oxygen atoms in total. The van der Waals surface area contributed by atoms with Gasteiger partial charge in [-0.25, -0.2) is 9.97 Å². The summed E-state index contributed by atoms with van der Waals surface area (Å²) >= 11 is 0. The van der Waals surface area contributed by atoms with Crippen molar-refractivity contribution in [1.82, 2.24) is 19.8 Å². The number of piperazine rings is 1. The van der Waals surface area contributed by atoms with Crippen molar-refractivity contribution in [2.24, 2.45) is 23.7 Å². The number of aromatic nitrogens is 2. The molecule has 2 aliphatic heterocycles. The van der Waals surface area contributed by atoms with Crippen LogP contribution in [0.2, 0.25) is 0 Å². The summed E-state index contributed by atoms with van der Waals surface area (Å²) < 4.78 is 0. The first-order valence-electron chi connectivity index (χ1n) is 10.5. The van der Waals surface area contributed by atoms with Gasteiger partial charge in [-0.15, -0.1) is 0 Å². The predicted octanol–water partition coefficient (Wildman–Crippen LogP) is 0.712. The average Bonchev–Trinajstić information content (AvgIpc) is 3.44. The quantitative estimate of drug-likeness (QED) is 0.539. The van der Waals surface area contributed by atoms with Crippen LogP contribution in [-0.2, 0) is 14.4 Å². The van der Waals surface area contributed by atoms with E-state index in [0.29, 0.717) is 51.5 Å². The Hall–Kier alpha value is -2.77. The summed E-state index contributed by atoms with van der Waals surface area (Å²) in [6.45, 7) is 3.04. The van der Waals surface area contributed by atoms with Crippen LogP contribution >= 0.6 is 0 Å². The van der Waals surface area contributed by atoms with E-state index >= 15 is 0 Å². The van der Waals surface area contributed by atoms with Gasteiger partial charge >= 0.3 is 0 Å². The van der Waals surface area contributed by atoms with E-state index in [1.807, 2.05) is 4.90 Å². The van der Waals surface area contributed by atoms with E-state index in [4.69, 9.17) is 0 Å².